The summed E-state index contributed by atoms with van der Waals surface area (Å²) in [4.78, 5) is 25.8. The summed E-state index contributed by atoms with van der Waals surface area (Å²) in [6.45, 7) is 3.91. The Bertz CT molecular complexity index is 806. The number of esters is 1. The van der Waals surface area contributed by atoms with Gasteiger partial charge in [0, 0.05) is 18.7 Å². The highest BCUT2D eigenvalue weighted by molar-refractivity contribution is 7.94. The van der Waals surface area contributed by atoms with E-state index in [1.54, 1.807) is 13.8 Å². The molecule has 0 bridgehead atoms. The van der Waals surface area contributed by atoms with Crippen LogP contribution in [0.5, 0.6) is 0 Å². The van der Waals surface area contributed by atoms with Crippen LogP contribution in [-0.2, 0) is 24.2 Å². The van der Waals surface area contributed by atoms with Gasteiger partial charge in [-0.15, -0.1) is 0 Å². The van der Waals surface area contributed by atoms with Crippen molar-refractivity contribution >= 4 is 27.4 Å². The van der Waals surface area contributed by atoms with Crippen molar-refractivity contribution in [3.63, 3.8) is 0 Å². The summed E-state index contributed by atoms with van der Waals surface area (Å²) in [5.74, 6) is -1.32. The Morgan fingerprint density at radius 2 is 1.92 bits per heavy atom. The quantitative estimate of drug-likeness (QED) is 0.487. The van der Waals surface area contributed by atoms with Crippen molar-refractivity contribution in [2.45, 2.75) is 55.4 Å². The van der Waals surface area contributed by atoms with Crippen molar-refractivity contribution in [1.29, 1.82) is 5.41 Å². The number of rotatable bonds is 7. The second-order valence-corrected chi connectivity index (χ2v) is 10.5. The van der Waals surface area contributed by atoms with E-state index in [4.69, 9.17) is 15.9 Å². The molecule has 2 fully saturated rings. The van der Waals surface area contributed by atoms with Gasteiger partial charge in [-0.3, -0.25) is 10.2 Å². The zero-order chi connectivity index (χ0) is 19.3. The molecule has 3 N–H and O–H groups in total. The molecule has 2 saturated carbocycles. The average molecular weight is 383 g/mol. The summed E-state index contributed by atoms with van der Waals surface area (Å²) >= 11 is 0. The fourth-order valence-electron chi connectivity index (χ4n) is 3.49. The predicted molar refractivity (Wildman–Crippen MR) is 95.3 cm³/mol. The van der Waals surface area contributed by atoms with Gasteiger partial charge in [0.05, 0.1) is 16.1 Å². The normalized spacial score (nSPS) is 23.6. The minimum Gasteiger partial charge on any atom is -0.461 e. The zero-order valence-corrected chi connectivity index (χ0v) is 15.9. The third-order valence-electron chi connectivity index (χ3n) is 5.72. The predicted octanol–water partition coefficient (Wildman–Crippen LogP) is 0.514. The topological polar surface area (TPSA) is 131 Å². The number of nitrogens with one attached hydrogen (secondary N) is 1. The first-order valence-electron chi connectivity index (χ1n) is 8.87. The third kappa shape index (κ3) is 2.82. The molecule has 0 aromatic rings. The summed E-state index contributed by atoms with van der Waals surface area (Å²) in [5, 5.41) is 7.88. The fraction of sp³-hybridized carbons (Fsp3) is 0.706. The van der Waals surface area contributed by atoms with E-state index >= 15 is 0 Å². The number of hydrogen-bond donors (Lipinski definition) is 2. The van der Waals surface area contributed by atoms with Crippen molar-refractivity contribution in [1.82, 2.24) is 4.90 Å². The Hall–Kier alpha value is -1.90. The summed E-state index contributed by atoms with van der Waals surface area (Å²) in [7, 11) is -3.31. The summed E-state index contributed by atoms with van der Waals surface area (Å²) in [5.41, 5.74) is 5.48. The Balaban J connectivity index is 1.76. The minimum absolute atomic E-state index is 0.129. The van der Waals surface area contributed by atoms with Gasteiger partial charge in [0.15, 0.2) is 9.84 Å². The zero-order valence-electron chi connectivity index (χ0n) is 15.1. The first-order chi connectivity index (χ1) is 12.1. The van der Waals surface area contributed by atoms with E-state index in [1.807, 2.05) is 0 Å². The van der Waals surface area contributed by atoms with Crippen molar-refractivity contribution in [3.8, 4) is 0 Å². The van der Waals surface area contributed by atoms with Crippen LogP contribution in [-0.4, -0.2) is 60.1 Å². The number of amides is 1. The van der Waals surface area contributed by atoms with Crippen LogP contribution in [0.2, 0.25) is 0 Å². The van der Waals surface area contributed by atoms with Crippen LogP contribution in [0, 0.1) is 5.41 Å². The summed E-state index contributed by atoms with van der Waals surface area (Å²) in [6, 6.07) is 0. The number of nitrogens with zero attached hydrogens (tertiary/aromatic N) is 1. The lowest BCUT2D eigenvalue weighted by Gasteiger charge is -2.33. The minimum atomic E-state index is -3.31. The third-order valence-corrected chi connectivity index (χ3v) is 9.10. The Morgan fingerprint density at radius 1 is 1.31 bits per heavy atom. The molecule has 8 nitrogen and oxygen atoms in total. The maximum atomic E-state index is 12.9. The number of ether oxygens (including phenoxy) is 1. The fourth-order valence-corrected chi connectivity index (χ4v) is 6.14. The number of carbonyl (C=O) groups excluding carboxylic acids is 2. The Labute approximate surface area is 153 Å². The second kappa shape index (κ2) is 6.07. The van der Waals surface area contributed by atoms with Gasteiger partial charge in [0.1, 0.15) is 11.4 Å². The van der Waals surface area contributed by atoms with E-state index in [0.717, 1.165) is 0 Å². The van der Waals surface area contributed by atoms with Gasteiger partial charge in [-0.2, -0.15) is 0 Å². The first kappa shape index (κ1) is 18.9. The van der Waals surface area contributed by atoms with E-state index < -0.39 is 36.9 Å². The molecule has 3 aliphatic rings. The molecule has 2 aliphatic carbocycles. The summed E-state index contributed by atoms with van der Waals surface area (Å²) < 4.78 is 29.1. The number of nitrogens with two attached hydrogens (primary N) is 1. The standard InChI is InChI=1S/C17H25N3O5S/c1-3-25-15(22)13(19)11-4-9-20(14(21)12(11)18)10-17(7-8-17)26(23,24)16(2)5-6-16/h19H,3-10,18H2,1-2H3. The van der Waals surface area contributed by atoms with Crippen molar-refractivity contribution in [2.75, 3.05) is 19.7 Å². The van der Waals surface area contributed by atoms with Crippen LogP contribution in [0.3, 0.4) is 0 Å². The van der Waals surface area contributed by atoms with Gasteiger partial charge in [0.2, 0.25) is 0 Å². The molecular formula is C17H25N3O5S. The van der Waals surface area contributed by atoms with Gasteiger partial charge in [-0.1, -0.05) is 0 Å². The van der Waals surface area contributed by atoms with Crippen LogP contribution in [0.4, 0.5) is 0 Å². The van der Waals surface area contributed by atoms with E-state index in [1.165, 1.54) is 4.90 Å². The Morgan fingerprint density at radius 3 is 2.42 bits per heavy atom. The molecule has 0 aromatic heterocycles. The maximum Gasteiger partial charge on any atom is 0.356 e. The van der Waals surface area contributed by atoms with Crippen LogP contribution >= 0.6 is 0 Å². The van der Waals surface area contributed by atoms with E-state index in [9.17, 15) is 18.0 Å². The van der Waals surface area contributed by atoms with Crippen LogP contribution in [0.25, 0.3) is 0 Å². The molecule has 0 radical (unpaired) electrons. The molecule has 1 amide bonds. The van der Waals surface area contributed by atoms with Gasteiger partial charge in [0.25, 0.3) is 5.91 Å². The molecule has 1 heterocycles. The highest BCUT2D eigenvalue weighted by Gasteiger charge is 2.65. The molecule has 0 atom stereocenters. The highest BCUT2D eigenvalue weighted by atomic mass is 32.2. The number of hydrogen-bond acceptors (Lipinski definition) is 7. The molecule has 0 unspecified atom stereocenters. The number of sulfone groups is 1. The van der Waals surface area contributed by atoms with Gasteiger partial charge in [-0.25, -0.2) is 13.2 Å². The molecule has 0 saturated heterocycles. The lowest BCUT2D eigenvalue weighted by molar-refractivity contribution is -0.135. The average Bonchev–Trinajstić information content (AvgIpc) is 3.50. The van der Waals surface area contributed by atoms with Gasteiger partial charge < -0.3 is 15.4 Å². The van der Waals surface area contributed by atoms with Crippen LogP contribution in [0.1, 0.15) is 46.0 Å². The van der Waals surface area contributed by atoms with Crippen molar-refractivity contribution < 1.29 is 22.7 Å². The summed E-state index contributed by atoms with van der Waals surface area (Å²) in [6.07, 6.45) is 2.71. The largest absolute Gasteiger partial charge is 0.461 e. The second-order valence-electron chi connectivity index (χ2n) is 7.60. The maximum absolute atomic E-state index is 12.9. The molecule has 1 aliphatic heterocycles. The van der Waals surface area contributed by atoms with Gasteiger partial charge in [-0.05, 0) is 46.0 Å². The van der Waals surface area contributed by atoms with E-state index in [-0.39, 0.29) is 37.4 Å². The molecular weight excluding hydrogens is 358 g/mol. The molecule has 0 spiro atoms. The highest BCUT2D eigenvalue weighted by Crippen LogP contribution is 2.56. The molecule has 0 aromatic carbocycles. The molecule has 9 heteroatoms. The molecule has 144 valence electrons. The SMILES string of the molecule is CCOC(=O)C(=N)C1=C(N)C(=O)N(CC2(S(=O)(=O)C3(C)CC3)CC2)CC1. The van der Waals surface area contributed by atoms with Crippen LogP contribution in [0.15, 0.2) is 11.3 Å². The molecule has 3 rings (SSSR count). The van der Waals surface area contributed by atoms with E-state index in [0.29, 0.717) is 25.7 Å². The Kier molecular flexibility index (Phi) is 4.41. The van der Waals surface area contributed by atoms with Crippen molar-refractivity contribution in [3.05, 3.63) is 11.3 Å². The molecule has 26 heavy (non-hydrogen) atoms. The van der Waals surface area contributed by atoms with Crippen LogP contribution < -0.4 is 5.73 Å². The van der Waals surface area contributed by atoms with Gasteiger partial charge >= 0.3 is 5.97 Å². The van der Waals surface area contributed by atoms with E-state index in [2.05, 4.69) is 0 Å². The smallest absolute Gasteiger partial charge is 0.356 e. The first-order valence-corrected chi connectivity index (χ1v) is 10.3. The number of carbonyl (C=O) groups is 2. The van der Waals surface area contributed by atoms with Crippen molar-refractivity contribution in [2.24, 2.45) is 5.73 Å². The lowest BCUT2D eigenvalue weighted by atomic mass is 9.99. The monoisotopic (exact) mass is 383 g/mol. The lowest BCUT2D eigenvalue weighted by Crippen LogP contribution is -2.49.